The van der Waals surface area contributed by atoms with Crippen LogP contribution in [0.3, 0.4) is 0 Å². The number of carbonyl (C=O) groups excluding carboxylic acids is 1. The van der Waals surface area contributed by atoms with Crippen LogP contribution in [0.5, 0.6) is 5.75 Å². The van der Waals surface area contributed by atoms with Crippen molar-refractivity contribution in [2.75, 3.05) is 6.73 Å². The molecule has 1 saturated carbocycles. The second kappa shape index (κ2) is 7.05. The molecule has 1 N–H and O–H groups in total. The van der Waals surface area contributed by atoms with Gasteiger partial charge in [0.25, 0.3) is 5.91 Å². The number of aliphatic hydroxyl groups excluding tert-OH is 1. The first-order valence-electron chi connectivity index (χ1n) is 9.31. The minimum Gasteiger partial charge on any atom is -0.472 e. The van der Waals surface area contributed by atoms with Crippen LogP contribution in [-0.4, -0.2) is 34.8 Å². The molecule has 2 aliphatic rings. The number of fused-ring (bicyclic) bond motifs is 1. The molecule has 0 unspecified atom stereocenters. The molecule has 1 aliphatic carbocycles. The van der Waals surface area contributed by atoms with Crippen LogP contribution in [0.15, 0.2) is 36.4 Å². The van der Waals surface area contributed by atoms with E-state index in [-0.39, 0.29) is 18.7 Å². The average molecular weight is 362 g/mol. The number of rotatable bonds is 3. The van der Waals surface area contributed by atoms with Gasteiger partial charge in [-0.25, -0.2) is 0 Å². The number of nitriles is 1. The fraction of sp³-hybridized carbons (Fsp3) is 0.364. The third-order valence-electron chi connectivity index (χ3n) is 5.61. The van der Waals surface area contributed by atoms with Crippen molar-refractivity contribution in [2.24, 2.45) is 0 Å². The summed E-state index contributed by atoms with van der Waals surface area (Å²) in [7, 11) is 0. The second-order valence-electron chi connectivity index (χ2n) is 7.37. The highest BCUT2D eigenvalue weighted by Gasteiger charge is 2.37. The molecule has 1 amide bonds. The summed E-state index contributed by atoms with van der Waals surface area (Å²) in [6, 6.07) is 13.3. The molecule has 4 rings (SSSR count). The fourth-order valence-electron chi connectivity index (χ4n) is 4.00. The van der Waals surface area contributed by atoms with Crippen LogP contribution in [0.2, 0.25) is 0 Å². The van der Waals surface area contributed by atoms with Crippen molar-refractivity contribution >= 4 is 5.91 Å². The minimum atomic E-state index is -0.470. The summed E-state index contributed by atoms with van der Waals surface area (Å²) >= 11 is 0. The highest BCUT2D eigenvalue weighted by molar-refractivity contribution is 5.98. The molecular formula is C22H22N2O3. The lowest BCUT2D eigenvalue weighted by molar-refractivity contribution is 0.0127. The van der Waals surface area contributed by atoms with Gasteiger partial charge in [0, 0.05) is 0 Å². The third-order valence-corrected chi connectivity index (χ3v) is 5.61. The molecule has 0 bridgehead atoms. The lowest BCUT2D eigenvalue weighted by Crippen LogP contribution is -2.48. The molecular weight excluding hydrogens is 340 g/mol. The molecule has 2 aromatic carbocycles. The van der Waals surface area contributed by atoms with E-state index in [1.54, 1.807) is 17.0 Å². The number of ether oxygens (including phenoxy) is 1. The minimum absolute atomic E-state index is 0.0664. The van der Waals surface area contributed by atoms with E-state index in [9.17, 15) is 9.90 Å². The molecule has 1 heterocycles. The van der Waals surface area contributed by atoms with Crippen LogP contribution in [0.1, 0.15) is 51.9 Å². The molecule has 138 valence electrons. The number of nitrogens with zero attached hydrogens (tertiary/aromatic N) is 2. The van der Waals surface area contributed by atoms with Crippen LogP contribution in [0, 0.1) is 18.3 Å². The Bertz CT molecular complexity index is 914. The Labute approximate surface area is 158 Å². The Morgan fingerprint density at radius 3 is 2.70 bits per heavy atom. The van der Waals surface area contributed by atoms with Gasteiger partial charge in [-0.05, 0) is 73.6 Å². The third kappa shape index (κ3) is 3.29. The normalized spacial score (nSPS) is 21.5. The lowest BCUT2D eigenvalue weighted by atomic mass is 9.96. The van der Waals surface area contributed by atoms with E-state index in [4.69, 9.17) is 10.00 Å². The van der Waals surface area contributed by atoms with Crippen LogP contribution < -0.4 is 4.74 Å². The number of hydrogen-bond acceptors (Lipinski definition) is 4. The Morgan fingerprint density at radius 2 is 2.04 bits per heavy atom. The molecule has 27 heavy (non-hydrogen) atoms. The molecule has 2 atom stereocenters. The van der Waals surface area contributed by atoms with E-state index in [0.29, 0.717) is 23.3 Å². The van der Waals surface area contributed by atoms with Gasteiger partial charge in [0.15, 0.2) is 6.73 Å². The van der Waals surface area contributed by atoms with Crippen molar-refractivity contribution in [3.63, 3.8) is 0 Å². The number of benzene rings is 2. The molecule has 0 aromatic heterocycles. The molecule has 0 saturated heterocycles. The number of hydrogen-bond donors (Lipinski definition) is 1. The van der Waals surface area contributed by atoms with Gasteiger partial charge in [-0.3, -0.25) is 9.69 Å². The largest absolute Gasteiger partial charge is 0.472 e. The van der Waals surface area contributed by atoms with Crippen molar-refractivity contribution in [2.45, 2.75) is 44.8 Å². The smallest absolute Gasteiger partial charge is 0.260 e. The second-order valence-corrected chi connectivity index (χ2v) is 7.37. The Hall–Kier alpha value is -2.84. The van der Waals surface area contributed by atoms with E-state index in [1.807, 2.05) is 31.2 Å². The predicted molar refractivity (Wildman–Crippen MR) is 100 cm³/mol. The topological polar surface area (TPSA) is 73.6 Å². The van der Waals surface area contributed by atoms with Gasteiger partial charge in [0.1, 0.15) is 5.75 Å². The standard InChI is InChI=1S/C22H22N2O3/c1-14-9-21-18(11-17(14)10-15-5-7-16(12-23)8-6-15)22(26)24(13-27-21)19-3-2-4-20(19)25/h5-9,11,19-20,25H,2-4,10,13H2,1H3/t19-,20-/m0/s1. The average Bonchev–Trinajstić information content (AvgIpc) is 3.09. The van der Waals surface area contributed by atoms with Gasteiger partial charge in [-0.2, -0.15) is 5.26 Å². The molecule has 0 radical (unpaired) electrons. The maximum absolute atomic E-state index is 13.0. The van der Waals surface area contributed by atoms with E-state index < -0.39 is 6.10 Å². The maximum atomic E-state index is 13.0. The summed E-state index contributed by atoms with van der Waals surface area (Å²) < 4.78 is 5.84. The van der Waals surface area contributed by atoms with E-state index >= 15 is 0 Å². The Morgan fingerprint density at radius 1 is 1.26 bits per heavy atom. The predicted octanol–water partition coefficient (Wildman–Crippen LogP) is 3.16. The first-order chi connectivity index (χ1) is 13.1. The van der Waals surface area contributed by atoms with Crippen LogP contribution in [-0.2, 0) is 6.42 Å². The van der Waals surface area contributed by atoms with Crippen LogP contribution >= 0.6 is 0 Å². The zero-order chi connectivity index (χ0) is 19.0. The van der Waals surface area contributed by atoms with Crippen molar-refractivity contribution in [3.05, 3.63) is 64.2 Å². The maximum Gasteiger partial charge on any atom is 0.260 e. The lowest BCUT2D eigenvalue weighted by Gasteiger charge is -2.35. The number of aryl methyl sites for hydroxylation is 1. The van der Waals surface area contributed by atoms with Gasteiger partial charge < -0.3 is 9.84 Å². The highest BCUT2D eigenvalue weighted by Crippen LogP contribution is 2.33. The molecule has 0 spiro atoms. The van der Waals surface area contributed by atoms with E-state index in [1.165, 1.54) is 0 Å². The Kier molecular flexibility index (Phi) is 4.59. The van der Waals surface area contributed by atoms with Gasteiger partial charge in [0.2, 0.25) is 0 Å². The van der Waals surface area contributed by atoms with Gasteiger partial charge >= 0.3 is 0 Å². The summed E-state index contributed by atoms with van der Waals surface area (Å²) in [4.78, 5) is 14.7. The van der Waals surface area contributed by atoms with Crippen molar-refractivity contribution in [3.8, 4) is 11.8 Å². The van der Waals surface area contributed by atoms with Gasteiger partial charge in [0.05, 0.1) is 29.3 Å². The molecule has 2 aromatic rings. The zero-order valence-electron chi connectivity index (χ0n) is 15.3. The SMILES string of the molecule is Cc1cc2c(cc1Cc1ccc(C#N)cc1)C(=O)N([C@H]1CCC[C@@H]1O)CO2. The van der Waals surface area contributed by atoms with E-state index in [0.717, 1.165) is 36.0 Å². The first-order valence-corrected chi connectivity index (χ1v) is 9.31. The van der Waals surface area contributed by atoms with Crippen molar-refractivity contribution in [1.82, 2.24) is 4.90 Å². The van der Waals surface area contributed by atoms with Gasteiger partial charge in [-0.1, -0.05) is 12.1 Å². The Balaban J connectivity index is 1.62. The summed E-state index contributed by atoms with van der Waals surface area (Å²) in [5.41, 5.74) is 4.42. The highest BCUT2D eigenvalue weighted by atomic mass is 16.5. The summed E-state index contributed by atoms with van der Waals surface area (Å²) in [5, 5.41) is 19.1. The molecule has 5 nitrogen and oxygen atoms in total. The van der Waals surface area contributed by atoms with E-state index in [2.05, 4.69) is 6.07 Å². The number of carbonyl (C=O) groups is 1. The molecule has 5 heteroatoms. The quantitative estimate of drug-likeness (QED) is 0.910. The fourth-order valence-corrected chi connectivity index (χ4v) is 4.00. The first kappa shape index (κ1) is 17.6. The van der Waals surface area contributed by atoms with Crippen molar-refractivity contribution in [1.29, 1.82) is 5.26 Å². The van der Waals surface area contributed by atoms with Crippen LogP contribution in [0.25, 0.3) is 0 Å². The summed E-state index contributed by atoms with van der Waals surface area (Å²) in [6.45, 7) is 2.21. The summed E-state index contributed by atoms with van der Waals surface area (Å²) in [5.74, 6) is 0.549. The van der Waals surface area contributed by atoms with Crippen LogP contribution in [0.4, 0.5) is 0 Å². The van der Waals surface area contributed by atoms with Crippen molar-refractivity contribution < 1.29 is 14.6 Å². The summed E-state index contributed by atoms with van der Waals surface area (Å²) in [6.07, 6.45) is 2.70. The van der Waals surface area contributed by atoms with Gasteiger partial charge in [-0.15, -0.1) is 0 Å². The monoisotopic (exact) mass is 362 g/mol. The number of amides is 1. The molecule has 1 aliphatic heterocycles. The zero-order valence-corrected chi connectivity index (χ0v) is 15.3. The molecule has 1 fully saturated rings. The number of aliphatic hydroxyl groups is 1.